The Morgan fingerprint density at radius 2 is 1.34 bits per heavy atom. The van der Waals surface area contributed by atoms with Gasteiger partial charge in [0.25, 0.3) is 0 Å². The van der Waals surface area contributed by atoms with Crippen molar-refractivity contribution in [2.45, 2.75) is 0 Å². The zero-order valence-corrected chi connectivity index (χ0v) is 19.4. The molecular formula is C32H17NOS. The summed E-state index contributed by atoms with van der Waals surface area (Å²) >= 11 is 1.88. The minimum Gasteiger partial charge on any atom is -0.456 e. The summed E-state index contributed by atoms with van der Waals surface area (Å²) in [7, 11) is 0. The number of hydrogen-bond acceptors (Lipinski definition) is 2. The summed E-state index contributed by atoms with van der Waals surface area (Å²) in [5.74, 6) is 0. The number of furan rings is 1. The molecule has 0 unspecified atom stereocenters. The molecule has 0 bridgehead atoms. The van der Waals surface area contributed by atoms with E-state index in [1.165, 1.54) is 58.1 Å². The molecule has 0 atom stereocenters. The van der Waals surface area contributed by atoms with Crippen molar-refractivity contribution in [3.8, 4) is 0 Å². The molecular weight excluding hydrogens is 446 g/mol. The van der Waals surface area contributed by atoms with E-state index in [1.54, 1.807) is 0 Å². The fourth-order valence-electron chi connectivity index (χ4n) is 6.07. The van der Waals surface area contributed by atoms with Crippen LogP contribution in [-0.4, -0.2) is 4.40 Å². The highest BCUT2D eigenvalue weighted by molar-refractivity contribution is 7.26. The van der Waals surface area contributed by atoms with Gasteiger partial charge in [-0.2, -0.15) is 0 Å². The fourth-order valence-corrected chi connectivity index (χ4v) is 7.18. The van der Waals surface area contributed by atoms with E-state index < -0.39 is 0 Å². The lowest BCUT2D eigenvalue weighted by Gasteiger charge is -2.11. The summed E-state index contributed by atoms with van der Waals surface area (Å²) in [4.78, 5) is 0. The summed E-state index contributed by atoms with van der Waals surface area (Å²) in [6.45, 7) is 0. The van der Waals surface area contributed by atoms with Gasteiger partial charge in [-0.3, -0.25) is 0 Å². The number of hydrogen-bond donors (Lipinski definition) is 0. The molecule has 0 amide bonds. The Balaban J connectivity index is 1.65. The van der Waals surface area contributed by atoms with Crippen molar-refractivity contribution >= 4 is 91.4 Å². The van der Waals surface area contributed by atoms with Crippen LogP contribution in [0.2, 0.25) is 0 Å². The third-order valence-corrected chi connectivity index (χ3v) is 8.69. The maximum atomic E-state index is 6.32. The van der Waals surface area contributed by atoms with Crippen LogP contribution in [0.4, 0.5) is 0 Å². The van der Waals surface area contributed by atoms with Gasteiger partial charge in [-0.05, 0) is 35.7 Å². The predicted molar refractivity (Wildman–Crippen MR) is 150 cm³/mol. The first-order valence-electron chi connectivity index (χ1n) is 11.9. The molecule has 0 aliphatic rings. The van der Waals surface area contributed by atoms with Crippen LogP contribution in [0.15, 0.2) is 108 Å². The van der Waals surface area contributed by atoms with Crippen molar-refractivity contribution in [3.05, 3.63) is 103 Å². The second-order valence-electron chi connectivity index (χ2n) is 9.36. The molecule has 4 aromatic heterocycles. The van der Waals surface area contributed by atoms with Crippen LogP contribution < -0.4 is 0 Å². The molecule has 0 N–H and O–H groups in total. The maximum Gasteiger partial charge on any atom is 0.136 e. The quantitative estimate of drug-likeness (QED) is 0.205. The number of rotatable bonds is 0. The first-order valence-corrected chi connectivity index (χ1v) is 12.7. The van der Waals surface area contributed by atoms with E-state index in [4.69, 9.17) is 4.42 Å². The molecule has 0 spiro atoms. The molecule has 2 nitrogen and oxygen atoms in total. The van der Waals surface area contributed by atoms with E-state index in [1.807, 2.05) is 17.4 Å². The maximum absolute atomic E-state index is 6.32. The predicted octanol–water partition coefficient (Wildman–Crippen LogP) is 9.67. The highest BCUT2D eigenvalue weighted by Gasteiger charge is 2.19. The standard InChI is InChI=1S/C32H17NOS/c1-2-8-19-18(7-1)17-33-25-15-24-20-9-3-5-11-26(20)34-27(24)16-23(25)21-13-14-29-30(31(21)32(19)33)22-10-4-6-12-28(22)35-29/h1-17H. The van der Waals surface area contributed by atoms with Gasteiger partial charge in [0, 0.05) is 58.7 Å². The van der Waals surface area contributed by atoms with Crippen LogP contribution in [0.25, 0.3) is 80.1 Å². The molecule has 35 heavy (non-hydrogen) atoms. The molecule has 5 aromatic carbocycles. The van der Waals surface area contributed by atoms with E-state index in [2.05, 4.69) is 102 Å². The van der Waals surface area contributed by atoms with E-state index >= 15 is 0 Å². The molecule has 0 aliphatic heterocycles. The zero-order valence-electron chi connectivity index (χ0n) is 18.6. The van der Waals surface area contributed by atoms with Crippen LogP contribution in [-0.2, 0) is 0 Å². The van der Waals surface area contributed by atoms with Crippen LogP contribution in [0.3, 0.4) is 0 Å². The van der Waals surface area contributed by atoms with Crippen molar-refractivity contribution in [1.29, 1.82) is 0 Å². The number of aromatic nitrogens is 1. The summed E-state index contributed by atoms with van der Waals surface area (Å²) in [6, 6.07) is 35.0. The molecule has 9 rings (SSSR count). The molecule has 0 saturated carbocycles. The normalized spacial score (nSPS) is 12.6. The van der Waals surface area contributed by atoms with Gasteiger partial charge in [-0.25, -0.2) is 0 Å². The van der Waals surface area contributed by atoms with Crippen LogP contribution in [0.5, 0.6) is 0 Å². The Labute approximate surface area is 203 Å². The molecule has 0 saturated heterocycles. The highest BCUT2D eigenvalue weighted by atomic mass is 32.1. The average molecular weight is 464 g/mol. The van der Waals surface area contributed by atoms with Gasteiger partial charge in [-0.15, -0.1) is 11.3 Å². The fraction of sp³-hybridized carbons (Fsp3) is 0. The largest absolute Gasteiger partial charge is 0.456 e. The van der Waals surface area contributed by atoms with Gasteiger partial charge in [0.1, 0.15) is 11.2 Å². The van der Waals surface area contributed by atoms with E-state index in [-0.39, 0.29) is 0 Å². The Hall–Kier alpha value is -4.34. The average Bonchev–Trinajstić information content (AvgIpc) is 3.58. The SMILES string of the molecule is c1ccc2c(c1)cn1c3cc4c(cc3c3ccc5sc6ccccc6c5c3c21)oc1ccccc14. The lowest BCUT2D eigenvalue weighted by Crippen LogP contribution is -1.90. The first-order chi connectivity index (χ1) is 17.3. The lowest BCUT2D eigenvalue weighted by atomic mass is 9.98. The monoisotopic (exact) mass is 463 g/mol. The smallest absolute Gasteiger partial charge is 0.136 e. The molecule has 9 aromatic rings. The second-order valence-corrected chi connectivity index (χ2v) is 10.4. The topological polar surface area (TPSA) is 17.6 Å². The number of benzene rings is 5. The molecule has 0 radical (unpaired) electrons. The number of thiophene rings is 1. The Bertz CT molecular complexity index is 2330. The van der Waals surface area contributed by atoms with Gasteiger partial charge in [0.2, 0.25) is 0 Å². The third kappa shape index (κ3) is 2.20. The first kappa shape index (κ1) is 18.0. The van der Waals surface area contributed by atoms with Crippen LogP contribution in [0, 0.1) is 0 Å². The summed E-state index contributed by atoms with van der Waals surface area (Å²) in [6.07, 6.45) is 2.30. The Kier molecular flexibility index (Phi) is 3.20. The van der Waals surface area contributed by atoms with Crippen molar-refractivity contribution in [3.63, 3.8) is 0 Å². The summed E-state index contributed by atoms with van der Waals surface area (Å²) < 4.78 is 11.4. The third-order valence-electron chi connectivity index (χ3n) is 7.55. The molecule has 162 valence electrons. The van der Waals surface area contributed by atoms with E-state index in [0.717, 1.165) is 21.9 Å². The molecule has 4 heterocycles. The van der Waals surface area contributed by atoms with Gasteiger partial charge in [0.15, 0.2) is 0 Å². The number of pyridine rings is 1. The van der Waals surface area contributed by atoms with Crippen molar-refractivity contribution in [1.82, 2.24) is 4.40 Å². The zero-order chi connectivity index (χ0) is 22.7. The number of fused-ring (bicyclic) bond motifs is 15. The van der Waals surface area contributed by atoms with Crippen molar-refractivity contribution in [2.24, 2.45) is 0 Å². The summed E-state index contributed by atoms with van der Waals surface area (Å²) in [5.41, 5.74) is 4.36. The molecule has 0 aliphatic carbocycles. The Morgan fingerprint density at radius 1 is 0.543 bits per heavy atom. The van der Waals surface area contributed by atoms with Crippen LogP contribution >= 0.6 is 11.3 Å². The number of para-hydroxylation sites is 1. The number of nitrogens with zero attached hydrogens (tertiary/aromatic N) is 1. The van der Waals surface area contributed by atoms with Gasteiger partial charge in [-0.1, -0.05) is 66.7 Å². The van der Waals surface area contributed by atoms with Gasteiger partial charge < -0.3 is 8.82 Å². The summed E-state index contributed by atoms with van der Waals surface area (Å²) in [5, 5.41) is 11.4. The lowest BCUT2D eigenvalue weighted by molar-refractivity contribution is 0.669. The molecule has 0 fully saturated rings. The van der Waals surface area contributed by atoms with Gasteiger partial charge >= 0.3 is 0 Å². The molecule has 3 heteroatoms. The Morgan fingerprint density at radius 3 is 2.29 bits per heavy atom. The van der Waals surface area contributed by atoms with Crippen molar-refractivity contribution in [2.75, 3.05) is 0 Å². The minimum absolute atomic E-state index is 0.933. The second kappa shape index (κ2) is 6.21. The van der Waals surface area contributed by atoms with Gasteiger partial charge in [0.05, 0.1) is 11.0 Å². The van der Waals surface area contributed by atoms with E-state index in [9.17, 15) is 0 Å². The van der Waals surface area contributed by atoms with Crippen molar-refractivity contribution < 1.29 is 4.42 Å². The highest BCUT2D eigenvalue weighted by Crippen LogP contribution is 2.45. The minimum atomic E-state index is 0.933. The van der Waals surface area contributed by atoms with Crippen LogP contribution in [0.1, 0.15) is 0 Å². The van der Waals surface area contributed by atoms with E-state index in [0.29, 0.717) is 0 Å².